The second-order valence-electron chi connectivity index (χ2n) is 8.47. The van der Waals surface area contributed by atoms with Gasteiger partial charge in [-0.25, -0.2) is 0 Å². The Bertz CT molecular complexity index is 1010. The Hall–Kier alpha value is -1.85. The zero-order valence-corrected chi connectivity index (χ0v) is 20.8. The fraction of sp³-hybridized carbons (Fsp3) is 0.241. The maximum Gasteiger partial charge on any atom is 0.0405 e. The second-order valence-corrected chi connectivity index (χ2v) is 10.9. The molecule has 3 aromatic carbocycles. The van der Waals surface area contributed by atoms with Gasteiger partial charge in [0, 0.05) is 37.2 Å². The van der Waals surface area contributed by atoms with Gasteiger partial charge < -0.3 is 5.32 Å². The Morgan fingerprint density at radius 2 is 1.31 bits per heavy atom. The molecule has 165 valence electrons. The van der Waals surface area contributed by atoms with E-state index >= 15 is 0 Å². The van der Waals surface area contributed by atoms with Crippen LogP contribution in [0.1, 0.15) is 36.4 Å². The summed E-state index contributed by atoms with van der Waals surface area (Å²) < 4.78 is 0. The van der Waals surface area contributed by atoms with Crippen molar-refractivity contribution in [1.82, 2.24) is 5.32 Å². The molecule has 1 nitrogen and oxygen atoms in total. The van der Waals surface area contributed by atoms with E-state index in [0.717, 1.165) is 25.7 Å². The van der Waals surface area contributed by atoms with Crippen LogP contribution in [-0.4, -0.2) is 11.7 Å². The third kappa shape index (κ3) is 5.20. The van der Waals surface area contributed by atoms with E-state index in [0.29, 0.717) is 17.7 Å². The second kappa shape index (κ2) is 11.3. The average Bonchev–Trinajstić information content (AvgIpc) is 3.15. The van der Waals surface area contributed by atoms with Crippen molar-refractivity contribution in [3.05, 3.63) is 120 Å². The van der Waals surface area contributed by atoms with E-state index in [-0.39, 0.29) is 19.5 Å². The van der Waals surface area contributed by atoms with Crippen LogP contribution in [0.2, 0.25) is 0 Å². The van der Waals surface area contributed by atoms with Gasteiger partial charge in [-0.1, -0.05) is 109 Å². The minimum atomic E-state index is -0.481. The first-order valence-corrected chi connectivity index (χ1v) is 12.9. The average molecular weight is 526 g/mol. The molecule has 0 aromatic heterocycles. The number of hydrogen-bond acceptors (Lipinski definition) is 1. The van der Waals surface area contributed by atoms with Gasteiger partial charge in [0.25, 0.3) is 0 Å². The third-order valence-electron chi connectivity index (χ3n) is 6.42. The van der Waals surface area contributed by atoms with Crippen molar-refractivity contribution in [3.8, 4) is 0 Å². The van der Waals surface area contributed by atoms with Crippen LogP contribution in [0.25, 0.3) is 0 Å². The van der Waals surface area contributed by atoms with E-state index < -0.39 is 7.92 Å². The number of benzene rings is 3. The smallest absolute Gasteiger partial charge is 0.0405 e. The Morgan fingerprint density at radius 1 is 0.688 bits per heavy atom. The van der Waals surface area contributed by atoms with Crippen molar-refractivity contribution in [1.29, 1.82) is 0 Å². The maximum atomic E-state index is 4.09. The van der Waals surface area contributed by atoms with E-state index in [2.05, 4.69) is 115 Å². The van der Waals surface area contributed by atoms with Gasteiger partial charge in [0.15, 0.2) is 0 Å². The van der Waals surface area contributed by atoms with Crippen LogP contribution in [0, 0.1) is 0 Å². The summed E-state index contributed by atoms with van der Waals surface area (Å²) >= 11 is 0. The van der Waals surface area contributed by atoms with Gasteiger partial charge in [-0.2, -0.15) is 0 Å². The van der Waals surface area contributed by atoms with E-state index in [9.17, 15) is 0 Å². The first-order chi connectivity index (χ1) is 15.4. The van der Waals surface area contributed by atoms with Crippen LogP contribution in [-0.2, 0) is 25.9 Å². The van der Waals surface area contributed by atoms with Crippen molar-refractivity contribution >= 4 is 18.5 Å². The molecule has 1 radical (unpaired) electrons. The van der Waals surface area contributed by atoms with E-state index in [1.165, 1.54) is 21.7 Å². The summed E-state index contributed by atoms with van der Waals surface area (Å²) in [5.41, 5.74) is 3.54. The molecule has 1 unspecified atom stereocenters. The molecular formula is C29H30NPRh. The minimum absolute atomic E-state index is 0. The van der Waals surface area contributed by atoms with E-state index in [4.69, 9.17) is 0 Å². The van der Waals surface area contributed by atoms with Crippen molar-refractivity contribution in [3.63, 3.8) is 0 Å². The van der Waals surface area contributed by atoms with Crippen molar-refractivity contribution < 1.29 is 19.5 Å². The minimum Gasteiger partial charge on any atom is -0.303 e. The Morgan fingerprint density at radius 3 is 2.03 bits per heavy atom. The fourth-order valence-corrected chi connectivity index (χ4v) is 7.95. The van der Waals surface area contributed by atoms with Crippen LogP contribution in [0.5, 0.6) is 0 Å². The Balaban J connectivity index is 0.00000245. The summed E-state index contributed by atoms with van der Waals surface area (Å²) in [4.78, 5) is 0. The maximum absolute atomic E-state index is 4.09. The Labute approximate surface area is 206 Å². The Kier molecular flexibility index (Phi) is 8.26. The molecule has 0 aliphatic heterocycles. The zero-order chi connectivity index (χ0) is 20.9. The molecule has 5 rings (SSSR count). The normalized spacial score (nSPS) is 23.1. The zero-order valence-electron chi connectivity index (χ0n) is 18.2. The standard InChI is InChI=1S/C29H30NP.Rh/c1-2-6-15-24(16-7-3-1)30-29-27-21-13-12-14-23(27)22-28(29)31(25-17-8-4-9-18-25)26-19-10-5-11-20-26;/h2,4-14,16-21,24,28-30H,1,3,15,22H2;/b6-2?,16-7-;/t24?,28-,29-;/m1./s1. The summed E-state index contributed by atoms with van der Waals surface area (Å²) in [6.45, 7) is 0. The topological polar surface area (TPSA) is 12.0 Å². The van der Waals surface area contributed by atoms with Gasteiger partial charge in [-0.15, -0.1) is 0 Å². The number of fused-ring (bicyclic) bond motifs is 1. The molecule has 1 N–H and O–H groups in total. The molecule has 0 spiro atoms. The van der Waals surface area contributed by atoms with Gasteiger partial charge in [0.05, 0.1) is 0 Å². The van der Waals surface area contributed by atoms with Gasteiger partial charge >= 0.3 is 0 Å². The quantitative estimate of drug-likeness (QED) is 0.243. The van der Waals surface area contributed by atoms with E-state index in [1.54, 1.807) is 0 Å². The van der Waals surface area contributed by atoms with Crippen LogP contribution >= 0.6 is 7.92 Å². The number of allylic oxidation sites excluding steroid dienone is 2. The summed E-state index contributed by atoms with van der Waals surface area (Å²) in [5, 5.41) is 7.04. The predicted molar refractivity (Wildman–Crippen MR) is 135 cm³/mol. The largest absolute Gasteiger partial charge is 0.303 e. The summed E-state index contributed by atoms with van der Waals surface area (Å²) in [6.07, 6.45) is 13.9. The molecule has 2 aliphatic rings. The molecule has 0 saturated carbocycles. The molecule has 0 bridgehead atoms. The van der Waals surface area contributed by atoms with Gasteiger partial charge in [0.1, 0.15) is 0 Å². The van der Waals surface area contributed by atoms with Gasteiger partial charge in [0.2, 0.25) is 0 Å². The van der Waals surface area contributed by atoms with Crippen LogP contribution in [0.15, 0.2) is 109 Å². The first-order valence-electron chi connectivity index (χ1n) is 11.4. The number of nitrogens with one attached hydrogen (secondary N) is 1. The summed E-state index contributed by atoms with van der Waals surface area (Å²) in [7, 11) is -0.481. The third-order valence-corrected chi connectivity index (χ3v) is 9.28. The molecule has 0 saturated heterocycles. The molecule has 3 atom stereocenters. The summed E-state index contributed by atoms with van der Waals surface area (Å²) in [6, 6.07) is 32.2. The fourth-order valence-electron chi connectivity index (χ4n) is 4.97. The molecule has 3 heteroatoms. The van der Waals surface area contributed by atoms with Crippen LogP contribution < -0.4 is 15.9 Å². The first kappa shape index (κ1) is 23.3. The molecule has 32 heavy (non-hydrogen) atoms. The molecule has 3 aromatic rings. The monoisotopic (exact) mass is 526 g/mol. The van der Waals surface area contributed by atoms with Crippen molar-refractivity contribution in [2.45, 2.75) is 43.4 Å². The molecule has 0 heterocycles. The van der Waals surface area contributed by atoms with Crippen molar-refractivity contribution in [2.24, 2.45) is 0 Å². The summed E-state index contributed by atoms with van der Waals surface area (Å²) in [5.74, 6) is 0. The molecule has 2 aliphatic carbocycles. The molecule has 0 amide bonds. The molecular weight excluding hydrogens is 496 g/mol. The van der Waals surface area contributed by atoms with Gasteiger partial charge in [-0.3, -0.25) is 0 Å². The van der Waals surface area contributed by atoms with Crippen LogP contribution in [0.4, 0.5) is 0 Å². The number of rotatable bonds is 5. The molecule has 0 fully saturated rings. The van der Waals surface area contributed by atoms with Crippen molar-refractivity contribution in [2.75, 3.05) is 0 Å². The van der Waals surface area contributed by atoms with E-state index in [1.807, 2.05) is 0 Å². The van der Waals surface area contributed by atoms with Crippen LogP contribution in [0.3, 0.4) is 0 Å². The van der Waals surface area contributed by atoms with Gasteiger partial charge in [-0.05, 0) is 55.3 Å². The predicted octanol–water partition coefficient (Wildman–Crippen LogP) is 6.04. The number of hydrogen-bond donors (Lipinski definition) is 1. The SMILES string of the molecule is C1=CCC(N[C@@H]2c3ccccc3C[C@H]2P(c2ccccc2)c2ccccc2)/C=C\CC1.[Rh].